The number of nitrogens with one attached hydrogen (secondary N) is 2. The number of rotatable bonds is 9. The average molecular weight is 495 g/mol. The van der Waals surface area contributed by atoms with Crippen LogP contribution in [0.25, 0.3) is 11.0 Å². The lowest BCUT2D eigenvalue weighted by molar-refractivity contribution is 0.0935. The molecule has 0 aliphatic carbocycles. The molecule has 0 bridgehead atoms. The third kappa shape index (κ3) is 5.41. The van der Waals surface area contributed by atoms with Crippen LogP contribution in [-0.2, 0) is 10.0 Å². The molecule has 8 nitrogen and oxygen atoms in total. The van der Waals surface area contributed by atoms with Crippen LogP contribution < -0.4 is 19.5 Å². The molecule has 0 aliphatic heterocycles. The summed E-state index contributed by atoms with van der Waals surface area (Å²) in [5, 5.41) is 3.78. The number of para-hydroxylation sites is 1. The number of methoxy groups -OCH3 is 1. The van der Waals surface area contributed by atoms with Gasteiger partial charge in [0.15, 0.2) is 11.3 Å². The Hall–Kier alpha value is -3.98. The van der Waals surface area contributed by atoms with Gasteiger partial charge in [-0.05, 0) is 74.5 Å². The molecule has 4 aromatic rings. The number of carbonyl (C=O) groups excluding carboxylic acids is 1. The predicted octanol–water partition coefficient (Wildman–Crippen LogP) is 5.13. The Morgan fingerprint density at radius 3 is 2.40 bits per heavy atom. The molecule has 2 N–H and O–H groups in total. The molecule has 0 spiro atoms. The van der Waals surface area contributed by atoms with E-state index in [4.69, 9.17) is 13.9 Å². The van der Waals surface area contributed by atoms with E-state index in [9.17, 15) is 13.2 Å². The summed E-state index contributed by atoms with van der Waals surface area (Å²) in [4.78, 5) is 12.9. The molecule has 1 aromatic heterocycles. The lowest BCUT2D eigenvalue weighted by Gasteiger charge is -2.12. The normalized spacial score (nSPS) is 12.2. The molecule has 1 unspecified atom stereocenters. The number of hydrogen-bond donors (Lipinski definition) is 2. The quantitative estimate of drug-likeness (QED) is 0.334. The Kier molecular flexibility index (Phi) is 6.97. The third-order valence-corrected chi connectivity index (χ3v) is 6.76. The highest BCUT2D eigenvalue weighted by atomic mass is 32.2. The fourth-order valence-electron chi connectivity index (χ4n) is 3.57. The molecule has 1 heterocycles. The van der Waals surface area contributed by atoms with Gasteiger partial charge in [-0.2, -0.15) is 0 Å². The van der Waals surface area contributed by atoms with Crippen LogP contribution in [0.4, 0.5) is 5.69 Å². The van der Waals surface area contributed by atoms with E-state index in [1.54, 1.807) is 31.4 Å². The second kappa shape index (κ2) is 10.1. The van der Waals surface area contributed by atoms with Crippen molar-refractivity contribution < 1.29 is 27.1 Å². The van der Waals surface area contributed by atoms with Crippen molar-refractivity contribution >= 4 is 32.6 Å². The maximum atomic E-state index is 12.7. The zero-order valence-electron chi connectivity index (χ0n) is 19.6. The zero-order valence-corrected chi connectivity index (χ0v) is 20.4. The second-order valence-corrected chi connectivity index (χ2v) is 9.49. The Morgan fingerprint density at radius 2 is 1.74 bits per heavy atom. The first-order valence-electron chi connectivity index (χ1n) is 11.0. The van der Waals surface area contributed by atoms with Crippen molar-refractivity contribution in [3.05, 3.63) is 84.1 Å². The largest absolute Gasteiger partial charge is 0.494 e. The van der Waals surface area contributed by atoms with Crippen molar-refractivity contribution in [1.82, 2.24) is 5.32 Å². The van der Waals surface area contributed by atoms with E-state index in [1.807, 2.05) is 38.1 Å². The number of amides is 1. The fraction of sp³-hybridized carbons (Fsp3) is 0.192. The number of benzene rings is 3. The number of anilines is 1. The van der Waals surface area contributed by atoms with Crippen LogP contribution in [-0.4, -0.2) is 28.0 Å². The van der Waals surface area contributed by atoms with Crippen LogP contribution in [0.1, 0.15) is 36.0 Å². The minimum atomic E-state index is -3.78. The van der Waals surface area contributed by atoms with Crippen LogP contribution in [0, 0.1) is 0 Å². The number of carbonyl (C=O) groups is 1. The lowest BCUT2D eigenvalue weighted by atomic mass is 10.1. The second-order valence-electron chi connectivity index (χ2n) is 7.81. The first kappa shape index (κ1) is 24.2. The number of ether oxygens (including phenoxy) is 2. The summed E-state index contributed by atoms with van der Waals surface area (Å²) in [5.41, 5.74) is 1.35. The molecule has 1 amide bonds. The van der Waals surface area contributed by atoms with Crippen molar-refractivity contribution in [3.8, 4) is 11.5 Å². The molecule has 0 radical (unpaired) electrons. The number of fused-ring (bicyclic) bond motifs is 1. The van der Waals surface area contributed by atoms with Gasteiger partial charge in [0.25, 0.3) is 15.9 Å². The molecule has 0 aliphatic rings. The van der Waals surface area contributed by atoms with Gasteiger partial charge in [0.1, 0.15) is 11.5 Å². The first-order chi connectivity index (χ1) is 16.8. The summed E-state index contributed by atoms with van der Waals surface area (Å²) in [5.74, 6) is 1.50. The Balaban J connectivity index is 1.42. The van der Waals surface area contributed by atoms with Gasteiger partial charge in [0, 0.05) is 16.6 Å². The Bertz CT molecular complexity index is 1430. The third-order valence-electron chi connectivity index (χ3n) is 5.37. The summed E-state index contributed by atoms with van der Waals surface area (Å²) >= 11 is 0. The molecule has 35 heavy (non-hydrogen) atoms. The standard InChI is InChI=1S/C26H26N2O6S/c1-4-33-21-12-14-22(15-13-21)35(30,31)28-20-10-8-18(9-11-20)26(29)27-17(2)24-16-19-6-5-7-23(32-3)25(19)34-24/h5-17,28H,4H2,1-3H3,(H,27,29). The maximum absolute atomic E-state index is 12.7. The van der Waals surface area contributed by atoms with Gasteiger partial charge in [-0.3, -0.25) is 9.52 Å². The molecular formula is C26H26N2O6S. The minimum Gasteiger partial charge on any atom is -0.494 e. The molecule has 182 valence electrons. The Morgan fingerprint density at radius 1 is 1.03 bits per heavy atom. The van der Waals surface area contributed by atoms with Crippen molar-refractivity contribution in [2.24, 2.45) is 0 Å². The highest BCUT2D eigenvalue weighted by molar-refractivity contribution is 7.92. The average Bonchev–Trinajstić information content (AvgIpc) is 3.29. The van der Waals surface area contributed by atoms with Gasteiger partial charge >= 0.3 is 0 Å². The van der Waals surface area contributed by atoms with Gasteiger partial charge in [-0.15, -0.1) is 0 Å². The Labute approximate surface area is 203 Å². The molecule has 3 aromatic carbocycles. The highest BCUT2D eigenvalue weighted by Gasteiger charge is 2.18. The first-order valence-corrected chi connectivity index (χ1v) is 12.5. The van der Waals surface area contributed by atoms with Crippen molar-refractivity contribution in [2.75, 3.05) is 18.4 Å². The van der Waals surface area contributed by atoms with E-state index in [1.165, 1.54) is 24.3 Å². The molecule has 1 atom stereocenters. The number of hydrogen-bond acceptors (Lipinski definition) is 6. The highest BCUT2D eigenvalue weighted by Crippen LogP contribution is 2.31. The van der Waals surface area contributed by atoms with E-state index in [0.29, 0.717) is 40.7 Å². The summed E-state index contributed by atoms with van der Waals surface area (Å²) in [6.45, 7) is 4.17. The van der Waals surface area contributed by atoms with Gasteiger partial charge in [-0.25, -0.2) is 8.42 Å². The topological polar surface area (TPSA) is 107 Å². The van der Waals surface area contributed by atoms with E-state index in [2.05, 4.69) is 10.0 Å². The summed E-state index contributed by atoms with van der Waals surface area (Å²) in [6.07, 6.45) is 0. The molecule has 0 saturated carbocycles. The van der Waals surface area contributed by atoms with Crippen molar-refractivity contribution in [1.29, 1.82) is 0 Å². The van der Waals surface area contributed by atoms with Gasteiger partial charge in [0.2, 0.25) is 0 Å². The van der Waals surface area contributed by atoms with Crippen LogP contribution in [0.2, 0.25) is 0 Å². The maximum Gasteiger partial charge on any atom is 0.261 e. The molecule has 0 saturated heterocycles. The monoisotopic (exact) mass is 494 g/mol. The lowest BCUT2D eigenvalue weighted by Crippen LogP contribution is -2.26. The van der Waals surface area contributed by atoms with E-state index < -0.39 is 16.1 Å². The number of furan rings is 1. The smallest absolute Gasteiger partial charge is 0.261 e. The van der Waals surface area contributed by atoms with Gasteiger partial charge in [0.05, 0.1) is 24.7 Å². The van der Waals surface area contributed by atoms with Crippen molar-refractivity contribution in [3.63, 3.8) is 0 Å². The zero-order chi connectivity index (χ0) is 25.0. The van der Waals surface area contributed by atoms with Crippen LogP contribution >= 0.6 is 0 Å². The van der Waals surface area contributed by atoms with Crippen LogP contribution in [0.3, 0.4) is 0 Å². The summed E-state index contributed by atoms with van der Waals surface area (Å²) in [7, 11) is -2.21. The molecule has 4 rings (SSSR count). The SMILES string of the molecule is CCOc1ccc(S(=O)(=O)Nc2ccc(C(=O)NC(C)c3cc4cccc(OC)c4o3)cc2)cc1. The van der Waals surface area contributed by atoms with E-state index in [0.717, 1.165) is 5.39 Å². The minimum absolute atomic E-state index is 0.110. The van der Waals surface area contributed by atoms with Gasteiger partial charge < -0.3 is 19.2 Å². The van der Waals surface area contributed by atoms with E-state index in [-0.39, 0.29) is 10.8 Å². The number of sulfonamides is 1. The molecular weight excluding hydrogens is 468 g/mol. The molecule has 9 heteroatoms. The van der Waals surface area contributed by atoms with Crippen molar-refractivity contribution in [2.45, 2.75) is 24.8 Å². The fourth-order valence-corrected chi connectivity index (χ4v) is 4.63. The summed E-state index contributed by atoms with van der Waals surface area (Å²) in [6, 6.07) is 19.4. The summed E-state index contributed by atoms with van der Waals surface area (Å²) < 4.78 is 44.4. The molecule has 0 fully saturated rings. The predicted molar refractivity (Wildman–Crippen MR) is 134 cm³/mol. The van der Waals surface area contributed by atoms with E-state index >= 15 is 0 Å². The van der Waals surface area contributed by atoms with Gasteiger partial charge in [-0.1, -0.05) is 12.1 Å². The van der Waals surface area contributed by atoms with Crippen LogP contribution in [0.15, 0.2) is 82.1 Å². The van der Waals surface area contributed by atoms with Crippen LogP contribution in [0.5, 0.6) is 11.5 Å².